The van der Waals surface area contributed by atoms with E-state index >= 15 is 0 Å². The third kappa shape index (κ3) is 3.93. The first-order valence-corrected chi connectivity index (χ1v) is 9.02. The molecule has 0 unspecified atom stereocenters. The van der Waals surface area contributed by atoms with E-state index in [1.807, 2.05) is 45.0 Å². The lowest BCUT2D eigenvalue weighted by molar-refractivity contribution is -0.122. The third-order valence-corrected chi connectivity index (χ3v) is 4.45. The summed E-state index contributed by atoms with van der Waals surface area (Å²) in [6.45, 7) is 5.89. The Morgan fingerprint density at radius 2 is 1.93 bits per heavy atom. The average molecular weight is 385 g/mol. The van der Waals surface area contributed by atoms with Crippen molar-refractivity contribution in [2.45, 2.75) is 39.4 Å². The molecule has 0 aliphatic rings. The maximum atomic E-state index is 13.6. The molecule has 0 spiro atoms. The molecule has 1 amide bonds. The van der Waals surface area contributed by atoms with Gasteiger partial charge in [-0.2, -0.15) is 0 Å². The topological polar surface area (TPSA) is 65.3 Å². The summed E-state index contributed by atoms with van der Waals surface area (Å²) in [5.74, 6) is -0.0147. The summed E-state index contributed by atoms with van der Waals surface area (Å²) in [7, 11) is 1.59. The molecular weight excluding hydrogens is 361 g/mol. The molecule has 6 nitrogen and oxygen atoms in total. The van der Waals surface area contributed by atoms with Crippen molar-refractivity contribution in [3.63, 3.8) is 0 Å². The lowest BCUT2D eigenvalue weighted by Gasteiger charge is -2.24. The standard InChI is InChI=1S/C21H24FN3O3/c1-21(2,3)25-20(27)17-11-15(22)8-9-18(17)24(25)13-19(26)23-12-14-6-5-7-16(10-14)28-4/h5-11H,12-13H2,1-4H3,(H,23,26). The van der Waals surface area contributed by atoms with Gasteiger partial charge in [-0.1, -0.05) is 12.1 Å². The van der Waals surface area contributed by atoms with E-state index in [0.29, 0.717) is 17.8 Å². The van der Waals surface area contributed by atoms with E-state index in [9.17, 15) is 14.0 Å². The van der Waals surface area contributed by atoms with Crippen molar-refractivity contribution in [1.82, 2.24) is 14.7 Å². The van der Waals surface area contributed by atoms with E-state index in [0.717, 1.165) is 5.56 Å². The number of hydrogen-bond donors (Lipinski definition) is 1. The number of fused-ring (bicyclic) bond motifs is 1. The van der Waals surface area contributed by atoms with Crippen molar-refractivity contribution < 1.29 is 13.9 Å². The molecule has 28 heavy (non-hydrogen) atoms. The van der Waals surface area contributed by atoms with Crippen LogP contribution in [0, 0.1) is 5.82 Å². The Kier molecular flexibility index (Phi) is 5.27. The zero-order valence-electron chi connectivity index (χ0n) is 16.5. The number of nitrogens with one attached hydrogen (secondary N) is 1. The maximum Gasteiger partial charge on any atom is 0.275 e. The molecular formula is C21H24FN3O3. The number of nitrogens with zero attached hydrogens (tertiary/aromatic N) is 2. The summed E-state index contributed by atoms with van der Waals surface area (Å²) >= 11 is 0. The first kappa shape index (κ1) is 19.7. The summed E-state index contributed by atoms with van der Waals surface area (Å²) in [5.41, 5.74) is 0.542. The van der Waals surface area contributed by atoms with Gasteiger partial charge in [0.05, 0.1) is 23.6 Å². The molecule has 0 bridgehead atoms. The van der Waals surface area contributed by atoms with Gasteiger partial charge in [0, 0.05) is 6.54 Å². The quantitative estimate of drug-likeness (QED) is 0.734. The largest absolute Gasteiger partial charge is 0.497 e. The van der Waals surface area contributed by atoms with Crippen LogP contribution < -0.4 is 15.6 Å². The van der Waals surface area contributed by atoms with Crippen molar-refractivity contribution in [2.24, 2.45) is 0 Å². The van der Waals surface area contributed by atoms with Crippen LogP contribution in [-0.2, 0) is 23.4 Å². The van der Waals surface area contributed by atoms with Gasteiger partial charge >= 0.3 is 0 Å². The Balaban J connectivity index is 1.88. The minimum Gasteiger partial charge on any atom is -0.497 e. The molecule has 148 valence electrons. The van der Waals surface area contributed by atoms with Crippen molar-refractivity contribution in [2.75, 3.05) is 7.11 Å². The zero-order valence-corrected chi connectivity index (χ0v) is 16.5. The third-order valence-electron chi connectivity index (χ3n) is 4.45. The highest BCUT2D eigenvalue weighted by molar-refractivity contribution is 5.82. The van der Waals surface area contributed by atoms with Gasteiger partial charge in [0.25, 0.3) is 5.56 Å². The number of carbonyl (C=O) groups is 1. The van der Waals surface area contributed by atoms with E-state index in [1.54, 1.807) is 11.8 Å². The van der Waals surface area contributed by atoms with Crippen LogP contribution in [-0.4, -0.2) is 22.4 Å². The van der Waals surface area contributed by atoms with Gasteiger partial charge in [-0.05, 0) is 56.7 Å². The minimum absolute atomic E-state index is 0.0500. The summed E-state index contributed by atoms with van der Waals surface area (Å²) in [4.78, 5) is 25.4. The maximum absolute atomic E-state index is 13.6. The van der Waals surface area contributed by atoms with E-state index in [1.165, 1.54) is 22.9 Å². The predicted molar refractivity (Wildman–Crippen MR) is 106 cm³/mol. The van der Waals surface area contributed by atoms with Gasteiger partial charge in [-0.25, -0.2) is 9.07 Å². The molecule has 3 aromatic rings. The second kappa shape index (κ2) is 7.50. The fraction of sp³-hybridized carbons (Fsp3) is 0.333. The number of ether oxygens (including phenoxy) is 1. The highest BCUT2D eigenvalue weighted by Crippen LogP contribution is 2.19. The fourth-order valence-electron chi connectivity index (χ4n) is 3.23. The molecule has 0 saturated carbocycles. The van der Waals surface area contributed by atoms with Gasteiger partial charge in [-0.15, -0.1) is 0 Å². The number of rotatable bonds is 5. The molecule has 0 radical (unpaired) electrons. The van der Waals surface area contributed by atoms with Crippen LogP contribution in [0.15, 0.2) is 47.3 Å². The average Bonchev–Trinajstić information content (AvgIpc) is 2.91. The Morgan fingerprint density at radius 1 is 1.18 bits per heavy atom. The molecule has 0 aliphatic carbocycles. The highest BCUT2D eigenvalue weighted by Gasteiger charge is 2.24. The Morgan fingerprint density at radius 3 is 2.61 bits per heavy atom. The minimum atomic E-state index is -0.570. The summed E-state index contributed by atoms with van der Waals surface area (Å²) < 4.78 is 21.9. The summed E-state index contributed by atoms with van der Waals surface area (Å²) in [5, 5.41) is 3.12. The molecule has 1 N–H and O–H groups in total. The zero-order chi connectivity index (χ0) is 20.5. The molecule has 3 rings (SSSR count). The van der Waals surface area contributed by atoms with Gasteiger partial charge < -0.3 is 10.1 Å². The fourth-order valence-corrected chi connectivity index (χ4v) is 3.23. The molecule has 0 saturated heterocycles. The monoisotopic (exact) mass is 385 g/mol. The van der Waals surface area contributed by atoms with E-state index in [4.69, 9.17) is 4.74 Å². The van der Waals surface area contributed by atoms with E-state index in [2.05, 4.69) is 5.32 Å². The molecule has 1 aromatic heterocycles. The van der Waals surface area contributed by atoms with Crippen LogP contribution in [0.4, 0.5) is 4.39 Å². The van der Waals surface area contributed by atoms with E-state index in [-0.39, 0.29) is 23.4 Å². The van der Waals surface area contributed by atoms with Crippen molar-refractivity contribution in [3.05, 3.63) is 64.2 Å². The molecule has 0 aliphatic heterocycles. The number of halogens is 1. The number of aromatic nitrogens is 2. The van der Waals surface area contributed by atoms with Crippen LogP contribution in [0.3, 0.4) is 0 Å². The Labute approximate surface area is 162 Å². The van der Waals surface area contributed by atoms with Gasteiger partial charge in [0.1, 0.15) is 18.1 Å². The van der Waals surface area contributed by atoms with E-state index < -0.39 is 11.4 Å². The number of amides is 1. The van der Waals surface area contributed by atoms with Crippen LogP contribution in [0.25, 0.3) is 10.9 Å². The van der Waals surface area contributed by atoms with Gasteiger partial charge in [0.2, 0.25) is 5.91 Å². The van der Waals surface area contributed by atoms with Crippen LogP contribution >= 0.6 is 0 Å². The first-order chi connectivity index (χ1) is 13.2. The molecule has 2 aromatic carbocycles. The molecule has 0 fully saturated rings. The first-order valence-electron chi connectivity index (χ1n) is 9.02. The Bertz CT molecular complexity index is 1080. The van der Waals surface area contributed by atoms with Crippen molar-refractivity contribution >= 4 is 16.8 Å². The number of hydrogen-bond acceptors (Lipinski definition) is 3. The van der Waals surface area contributed by atoms with Gasteiger partial charge in [0.15, 0.2) is 0 Å². The highest BCUT2D eigenvalue weighted by atomic mass is 19.1. The summed E-state index contributed by atoms with van der Waals surface area (Å²) in [6, 6.07) is 11.5. The number of benzene rings is 2. The predicted octanol–water partition coefficient (Wildman–Crippen LogP) is 3.02. The van der Waals surface area contributed by atoms with Crippen molar-refractivity contribution in [1.29, 1.82) is 0 Å². The molecule has 7 heteroatoms. The van der Waals surface area contributed by atoms with Gasteiger partial charge in [-0.3, -0.25) is 14.3 Å². The normalized spacial score (nSPS) is 11.6. The smallest absolute Gasteiger partial charge is 0.275 e. The van der Waals surface area contributed by atoms with Crippen LogP contribution in [0.2, 0.25) is 0 Å². The van der Waals surface area contributed by atoms with Crippen molar-refractivity contribution in [3.8, 4) is 5.75 Å². The lowest BCUT2D eigenvalue weighted by atomic mass is 10.1. The molecule has 0 atom stereocenters. The second-order valence-corrected chi connectivity index (χ2v) is 7.64. The van der Waals surface area contributed by atoms with Crippen LogP contribution in [0.5, 0.6) is 5.75 Å². The molecule has 1 heterocycles. The van der Waals surface area contributed by atoms with Crippen LogP contribution in [0.1, 0.15) is 26.3 Å². The SMILES string of the molecule is COc1cccc(CNC(=O)Cn2c3ccc(F)cc3c(=O)n2C(C)(C)C)c1. The number of methoxy groups -OCH3 is 1. The second-order valence-electron chi connectivity index (χ2n) is 7.64. The lowest BCUT2D eigenvalue weighted by Crippen LogP contribution is -2.39. The summed E-state index contributed by atoms with van der Waals surface area (Å²) in [6.07, 6.45) is 0. The number of carbonyl (C=O) groups excluding carboxylic acids is 1. The Hall–Kier alpha value is -3.09.